The number of ether oxygens (including phenoxy) is 1. The summed E-state index contributed by atoms with van der Waals surface area (Å²) in [5.41, 5.74) is 1.00. The third-order valence-electron chi connectivity index (χ3n) is 5.79. The fourth-order valence-corrected chi connectivity index (χ4v) is 4.01. The number of hydrogen-bond acceptors (Lipinski definition) is 3. The second kappa shape index (κ2) is 8.46. The van der Waals surface area contributed by atoms with Crippen LogP contribution in [0.25, 0.3) is 0 Å². The van der Waals surface area contributed by atoms with E-state index in [1.54, 1.807) is 7.11 Å². The van der Waals surface area contributed by atoms with Gasteiger partial charge < -0.3 is 14.7 Å². The zero-order valence-electron chi connectivity index (χ0n) is 16.4. The van der Waals surface area contributed by atoms with Crippen molar-refractivity contribution in [3.05, 3.63) is 65.7 Å². The van der Waals surface area contributed by atoms with Gasteiger partial charge in [0.1, 0.15) is 5.75 Å². The number of hydrogen-bond donors (Lipinski definition) is 1. The highest BCUT2D eigenvalue weighted by Crippen LogP contribution is 2.36. The number of carbonyl (C=O) groups is 2. The van der Waals surface area contributed by atoms with Crippen LogP contribution in [-0.4, -0.2) is 42.1 Å². The van der Waals surface area contributed by atoms with Gasteiger partial charge in [-0.1, -0.05) is 49.4 Å². The summed E-state index contributed by atoms with van der Waals surface area (Å²) in [5, 5.41) is 9.90. The van der Waals surface area contributed by atoms with E-state index < -0.39 is 11.4 Å². The molecule has 3 rings (SSSR count). The van der Waals surface area contributed by atoms with Crippen molar-refractivity contribution >= 4 is 11.9 Å². The van der Waals surface area contributed by atoms with Crippen LogP contribution in [0.1, 0.15) is 30.9 Å². The number of methoxy groups -OCH3 is 1. The number of benzene rings is 2. The summed E-state index contributed by atoms with van der Waals surface area (Å²) in [7, 11) is 1.63. The average Bonchev–Trinajstić information content (AvgIpc) is 2.74. The van der Waals surface area contributed by atoms with Crippen LogP contribution in [-0.2, 0) is 21.4 Å². The topological polar surface area (TPSA) is 66.8 Å². The zero-order valence-corrected chi connectivity index (χ0v) is 16.4. The van der Waals surface area contributed by atoms with Crippen LogP contribution < -0.4 is 4.74 Å². The van der Waals surface area contributed by atoms with E-state index in [0.29, 0.717) is 32.4 Å². The standard InChI is InChI=1S/C23H27NO4/c1-17(16-18-8-10-20(28-2)11-9-18)21(25)24-14-12-23(13-15-24,22(26)27)19-6-4-3-5-7-19/h3-11,17H,12-16H2,1-2H3,(H,26,27). The number of amides is 1. The van der Waals surface area contributed by atoms with Crippen LogP contribution in [0, 0.1) is 5.92 Å². The quantitative estimate of drug-likeness (QED) is 0.831. The maximum Gasteiger partial charge on any atom is 0.314 e. The molecule has 0 bridgehead atoms. The van der Waals surface area contributed by atoms with Gasteiger partial charge >= 0.3 is 5.97 Å². The highest BCUT2D eigenvalue weighted by molar-refractivity contribution is 5.83. The van der Waals surface area contributed by atoms with Gasteiger partial charge in [0.15, 0.2) is 0 Å². The molecule has 1 amide bonds. The van der Waals surface area contributed by atoms with Gasteiger partial charge in [0.2, 0.25) is 5.91 Å². The van der Waals surface area contributed by atoms with Crippen molar-refractivity contribution in [1.82, 2.24) is 4.90 Å². The van der Waals surface area contributed by atoms with Gasteiger partial charge in [0, 0.05) is 19.0 Å². The van der Waals surface area contributed by atoms with E-state index >= 15 is 0 Å². The summed E-state index contributed by atoms with van der Waals surface area (Å²) >= 11 is 0. The van der Waals surface area contributed by atoms with Crippen LogP contribution >= 0.6 is 0 Å². The van der Waals surface area contributed by atoms with Crippen molar-refractivity contribution < 1.29 is 19.4 Å². The van der Waals surface area contributed by atoms with Gasteiger partial charge in [-0.25, -0.2) is 0 Å². The Morgan fingerprint density at radius 2 is 1.68 bits per heavy atom. The normalized spacial score (nSPS) is 17.0. The van der Waals surface area contributed by atoms with E-state index in [1.165, 1.54) is 0 Å². The molecule has 1 aliphatic rings. The highest BCUT2D eigenvalue weighted by Gasteiger charge is 2.44. The maximum atomic E-state index is 12.9. The van der Waals surface area contributed by atoms with Crippen molar-refractivity contribution in [2.75, 3.05) is 20.2 Å². The number of likely N-dealkylation sites (tertiary alicyclic amines) is 1. The molecule has 5 heteroatoms. The molecule has 0 aromatic heterocycles. The van der Waals surface area contributed by atoms with E-state index in [0.717, 1.165) is 16.9 Å². The van der Waals surface area contributed by atoms with Crippen LogP contribution in [0.15, 0.2) is 54.6 Å². The first-order chi connectivity index (χ1) is 13.5. The molecular weight excluding hydrogens is 354 g/mol. The number of carboxylic acids is 1. The molecule has 2 aromatic rings. The first-order valence-electron chi connectivity index (χ1n) is 9.67. The molecule has 1 unspecified atom stereocenters. The SMILES string of the molecule is COc1ccc(CC(C)C(=O)N2CCC(C(=O)O)(c3ccccc3)CC2)cc1. The summed E-state index contributed by atoms with van der Waals surface area (Å²) < 4.78 is 5.17. The number of piperidine rings is 1. The molecule has 1 heterocycles. The molecule has 1 atom stereocenters. The molecule has 0 radical (unpaired) electrons. The fourth-order valence-electron chi connectivity index (χ4n) is 4.01. The molecule has 1 N–H and O–H groups in total. The van der Waals surface area contributed by atoms with Gasteiger partial charge in [-0.05, 0) is 42.5 Å². The molecular formula is C23H27NO4. The predicted octanol–water partition coefficient (Wildman–Crippen LogP) is 3.52. The third-order valence-corrected chi connectivity index (χ3v) is 5.79. The van der Waals surface area contributed by atoms with E-state index in [4.69, 9.17) is 4.74 Å². The number of carboxylic acid groups (broad SMARTS) is 1. The summed E-state index contributed by atoms with van der Waals surface area (Å²) in [6.45, 7) is 2.86. The van der Waals surface area contributed by atoms with E-state index in [2.05, 4.69) is 0 Å². The summed E-state index contributed by atoms with van der Waals surface area (Å²) in [6, 6.07) is 17.1. The first kappa shape index (κ1) is 19.9. The van der Waals surface area contributed by atoms with Crippen LogP contribution in [0.2, 0.25) is 0 Å². The Morgan fingerprint density at radius 3 is 2.21 bits per heavy atom. The second-order valence-electron chi connectivity index (χ2n) is 7.53. The van der Waals surface area contributed by atoms with Crippen molar-refractivity contribution in [2.24, 2.45) is 5.92 Å². The number of carbonyl (C=O) groups excluding carboxylic acids is 1. The minimum atomic E-state index is -0.905. The fraction of sp³-hybridized carbons (Fsp3) is 0.391. The Hall–Kier alpha value is -2.82. The minimum absolute atomic E-state index is 0.0860. The Kier molecular flexibility index (Phi) is 6.02. The number of nitrogens with zero attached hydrogens (tertiary/aromatic N) is 1. The molecule has 2 aromatic carbocycles. The zero-order chi connectivity index (χ0) is 20.1. The monoisotopic (exact) mass is 381 g/mol. The van der Waals surface area contributed by atoms with Gasteiger partial charge in [-0.3, -0.25) is 9.59 Å². The lowest BCUT2D eigenvalue weighted by atomic mass is 9.72. The Bertz CT molecular complexity index is 808. The third kappa shape index (κ3) is 4.03. The van der Waals surface area contributed by atoms with Crippen molar-refractivity contribution in [3.63, 3.8) is 0 Å². The molecule has 1 saturated heterocycles. The van der Waals surface area contributed by atoms with Gasteiger partial charge in [0.25, 0.3) is 0 Å². The Labute approximate surface area is 165 Å². The van der Waals surface area contributed by atoms with E-state index in [1.807, 2.05) is 66.4 Å². The summed E-state index contributed by atoms with van der Waals surface area (Å²) in [4.78, 5) is 26.8. The molecule has 1 aliphatic heterocycles. The lowest BCUT2D eigenvalue weighted by Gasteiger charge is -2.40. The molecule has 1 fully saturated rings. The molecule has 28 heavy (non-hydrogen) atoms. The molecule has 5 nitrogen and oxygen atoms in total. The summed E-state index contributed by atoms with van der Waals surface area (Å²) in [6.07, 6.45) is 1.53. The number of aliphatic carboxylic acids is 1. The molecule has 148 valence electrons. The Balaban J connectivity index is 1.64. The van der Waals surface area contributed by atoms with Crippen LogP contribution in [0.3, 0.4) is 0 Å². The number of rotatable bonds is 6. The van der Waals surface area contributed by atoms with Crippen LogP contribution in [0.4, 0.5) is 0 Å². The van der Waals surface area contributed by atoms with Crippen LogP contribution in [0.5, 0.6) is 5.75 Å². The maximum absolute atomic E-state index is 12.9. The van der Waals surface area contributed by atoms with Gasteiger partial charge in [-0.15, -0.1) is 0 Å². The minimum Gasteiger partial charge on any atom is -0.497 e. The van der Waals surface area contributed by atoms with E-state index in [-0.39, 0.29) is 11.8 Å². The summed E-state index contributed by atoms with van der Waals surface area (Å²) in [5.74, 6) is -0.0768. The largest absolute Gasteiger partial charge is 0.497 e. The lowest BCUT2D eigenvalue weighted by molar-refractivity contribution is -0.149. The second-order valence-corrected chi connectivity index (χ2v) is 7.53. The highest BCUT2D eigenvalue weighted by atomic mass is 16.5. The van der Waals surface area contributed by atoms with Gasteiger partial charge in [-0.2, -0.15) is 0 Å². The molecule has 0 spiro atoms. The van der Waals surface area contributed by atoms with Gasteiger partial charge in [0.05, 0.1) is 12.5 Å². The molecule has 0 aliphatic carbocycles. The Morgan fingerprint density at radius 1 is 1.07 bits per heavy atom. The molecule has 0 saturated carbocycles. The smallest absolute Gasteiger partial charge is 0.314 e. The lowest BCUT2D eigenvalue weighted by Crippen LogP contribution is -2.50. The predicted molar refractivity (Wildman–Crippen MR) is 107 cm³/mol. The van der Waals surface area contributed by atoms with Crippen molar-refractivity contribution in [2.45, 2.75) is 31.6 Å². The van der Waals surface area contributed by atoms with E-state index in [9.17, 15) is 14.7 Å². The first-order valence-corrected chi connectivity index (χ1v) is 9.67. The van der Waals surface area contributed by atoms with Crippen molar-refractivity contribution in [1.29, 1.82) is 0 Å². The van der Waals surface area contributed by atoms with Crippen molar-refractivity contribution in [3.8, 4) is 5.75 Å². The average molecular weight is 381 g/mol.